The van der Waals surface area contributed by atoms with E-state index in [9.17, 15) is 34.5 Å². The van der Waals surface area contributed by atoms with E-state index in [2.05, 4.69) is 179 Å². The van der Waals surface area contributed by atoms with Crippen molar-refractivity contribution in [3.05, 3.63) is 158 Å². The minimum absolute atomic E-state index is 0.0281. The van der Waals surface area contributed by atoms with E-state index in [1.54, 1.807) is 0 Å². The van der Waals surface area contributed by atoms with Crippen LogP contribution in [0.2, 0.25) is 0 Å². The molecule has 0 aliphatic carbocycles. The molecular formula is C73H112O12. The summed E-state index contributed by atoms with van der Waals surface area (Å²) in [5.74, 6) is -3.24. The van der Waals surface area contributed by atoms with Gasteiger partial charge in [0.25, 0.3) is 0 Å². The third kappa shape index (κ3) is 48.2. The summed E-state index contributed by atoms with van der Waals surface area (Å²) in [7, 11) is 0. The number of rotatable bonds is 53. The van der Waals surface area contributed by atoms with Crippen molar-refractivity contribution in [2.24, 2.45) is 0 Å². The molecule has 0 aromatic carbocycles. The number of hydrogen-bond acceptors (Lipinski definition) is 11. The number of hydrogen-bond donors (Lipinski definition) is 3. The second kappa shape index (κ2) is 58.7. The molecule has 6 unspecified atom stereocenters. The molecule has 0 radical (unpaired) electrons. The van der Waals surface area contributed by atoms with E-state index in [-0.39, 0.29) is 25.9 Å². The minimum atomic E-state index is -1.93. The molecular weight excluding hydrogens is 1070 g/mol. The summed E-state index contributed by atoms with van der Waals surface area (Å²) in [5.41, 5.74) is 0. The van der Waals surface area contributed by atoms with Crippen molar-refractivity contribution in [3.63, 3.8) is 0 Å². The standard InChI is InChI=1S/C73H112O12/c1-4-7-10-13-16-19-22-25-28-31-33-36-38-41-44-47-50-53-56-59-65(74)81-62-64(83-66(75)60-57-54-51-48-45-42-39-35-30-27-24-21-18-15-12-9-6-3)63-82-73-71(69(78)68(77)70(85-73)72(79)80)84-67(76)61-58-55-52-49-46-43-40-37-34-32-29-26-23-20-17-14-11-8-5-2/h7-12,16-21,25-30,33-34,36-37,39,41-42,44,64,68-71,73,77-78H,4-6,13-15,22-24,31-32,35,38,40,43,45-63H2,1-3H3,(H,79,80)/b10-7-,11-8-,12-9-,19-16-,20-17-,21-18-,28-25-,29-26-,30-27-,36-33-,37-34-,42-39-,44-41-. The molecule has 0 aromatic rings. The third-order valence-electron chi connectivity index (χ3n) is 13.6. The highest BCUT2D eigenvalue weighted by atomic mass is 16.7. The lowest BCUT2D eigenvalue weighted by Crippen LogP contribution is -2.61. The predicted molar refractivity (Wildman–Crippen MR) is 349 cm³/mol. The Hall–Kier alpha value is -5.66. The molecule has 0 saturated carbocycles. The maximum atomic E-state index is 13.2. The molecule has 1 aliphatic rings. The summed E-state index contributed by atoms with van der Waals surface area (Å²) in [4.78, 5) is 51.4. The first-order chi connectivity index (χ1) is 41.6. The van der Waals surface area contributed by atoms with Crippen molar-refractivity contribution in [1.29, 1.82) is 0 Å². The van der Waals surface area contributed by atoms with Crippen LogP contribution in [-0.4, -0.2) is 89.2 Å². The summed E-state index contributed by atoms with van der Waals surface area (Å²) < 4.78 is 28.5. The lowest BCUT2D eigenvalue weighted by molar-refractivity contribution is -0.301. The number of esters is 3. The van der Waals surface area contributed by atoms with E-state index in [1.165, 1.54) is 0 Å². The second-order valence-corrected chi connectivity index (χ2v) is 21.2. The zero-order chi connectivity index (χ0) is 61.7. The number of ether oxygens (including phenoxy) is 5. The number of aliphatic carboxylic acids is 1. The molecule has 1 heterocycles. The van der Waals surface area contributed by atoms with E-state index >= 15 is 0 Å². The number of allylic oxidation sites excluding steroid dienone is 26. The fourth-order valence-electron chi connectivity index (χ4n) is 8.73. The van der Waals surface area contributed by atoms with Crippen LogP contribution in [0, 0.1) is 0 Å². The van der Waals surface area contributed by atoms with Crippen LogP contribution in [0.1, 0.15) is 226 Å². The number of carboxylic acid groups (broad SMARTS) is 1. The number of carboxylic acids is 1. The van der Waals surface area contributed by atoms with Gasteiger partial charge in [-0.3, -0.25) is 14.4 Å². The zero-order valence-electron chi connectivity index (χ0n) is 52.5. The Morgan fingerprint density at radius 1 is 0.388 bits per heavy atom. The quantitative estimate of drug-likeness (QED) is 0.0228. The Bertz CT molecular complexity index is 2080. The largest absolute Gasteiger partial charge is 0.479 e. The van der Waals surface area contributed by atoms with E-state index in [0.29, 0.717) is 19.3 Å². The van der Waals surface area contributed by atoms with Gasteiger partial charge in [-0.25, -0.2) is 4.79 Å². The summed E-state index contributed by atoms with van der Waals surface area (Å²) in [6.07, 6.45) is 73.3. The Labute approximate surface area is 514 Å². The first-order valence-corrected chi connectivity index (χ1v) is 32.5. The fourth-order valence-corrected chi connectivity index (χ4v) is 8.73. The second-order valence-electron chi connectivity index (χ2n) is 21.2. The highest BCUT2D eigenvalue weighted by Gasteiger charge is 2.50. The Kier molecular flexibility index (Phi) is 53.4. The molecule has 12 nitrogen and oxygen atoms in total. The van der Waals surface area contributed by atoms with Crippen LogP contribution in [0.4, 0.5) is 0 Å². The van der Waals surface area contributed by atoms with E-state index < -0.39 is 67.3 Å². The molecule has 0 bridgehead atoms. The Morgan fingerprint density at radius 3 is 1.08 bits per heavy atom. The van der Waals surface area contributed by atoms with Gasteiger partial charge >= 0.3 is 23.9 Å². The number of aliphatic hydroxyl groups is 2. The van der Waals surface area contributed by atoms with E-state index in [4.69, 9.17) is 23.7 Å². The molecule has 1 fully saturated rings. The molecule has 6 atom stereocenters. The lowest BCUT2D eigenvalue weighted by Gasteiger charge is -2.40. The molecule has 1 aliphatic heterocycles. The molecule has 0 aromatic heterocycles. The van der Waals surface area contributed by atoms with Crippen LogP contribution < -0.4 is 0 Å². The first kappa shape index (κ1) is 77.4. The van der Waals surface area contributed by atoms with Gasteiger partial charge in [0, 0.05) is 19.3 Å². The summed E-state index contributed by atoms with van der Waals surface area (Å²) in [5, 5.41) is 31.6. The van der Waals surface area contributed by atoms with Gasteiger partial charge in [0.2, 0.25) is 0 Å². The van der Waals surface area contributed by atoms with Gasteiger partial charge in [0.15, 0.2) is 24.6 Å². The molecule has 3 N–H and O–H groups in total. The first-order valence-electron chi connectivity index (χ1n) is 32.5. The number of carbonyl (C=O) groups is 4. The smallest absolute Gasteiger partial charge is 0.335 e. The van der Waals surface area contributed by atoms with Crippen molar-refractivity contribution in [1.82, 2.24) is 0 Å². The average Bonchev–Trinajstić information content (AvgIpc) is 3.51. The summed E-state index contributed by atoms with van der Waals surface area (Å²) in [6, 6.07) is 0. The van der Waals surface area contributed by atoms with Gasteiger partial charge < -0.3 is 39.0 Å². The van der Waals surface area contributed by atoms with Crippen LogP contribution in [-0.2, 0) is 42.9 Å². The van der Waals surface area contributed by atoms with Crippen LogP contribution in [0.3, 0.4) is 0 Å². The van der Waals surface area contributed by atoms with E-state index in [0.717, 1.165) is 167 Å². The van der Waals surface area contributed by atoms with Crippen molar-refractivity contribution < 1.29 is 58.2 Å². The third-order valence-corrected chi connectivity index (χ3v) is 13.6. The van der Waals surface area contributed by atoms with Gasteiger partial charge in [0.1, 0.15) is 18.8 Å². The van der Waals surface area contributed by atoms with Crippen molar-refractivity contribution in [3.8, 4) is 0 Å². The van der Waals surface area contributed by atoms with Crippen molar-refractivity contribution >= 4 is 23.9 Å². The number of carbonyl (C=O) groups excluding carboxylic acids is 3. The van der Waals surface area contributed by atoms with Crippen molar-refractivity contribution in [2.45, 2.75) is 263 Å². The topological polar surface area (TPSA) is 175 Å². The molecule has 1 rings (SSSR count). The Morgan fingerprint density at radius 2 is 0.706 bits per heavy atom. The fraction of sp³-hybridized carbons (Fsp3) is 0.589. The normalized spacial score (nSPS) is 18.5. The average molecular weight is 1180 g/mol. The zero-order valence-corrected chi connectivity index (χ0v) is 52.5. The Balaban J connectivity index is 2.72. The van der Waals surface area contributed by atoms with Gasteiger partial charge in [0.05, 0.1) is 6.61 Å². The lowest BCUT2D eigenvalue weighted by atomic mass is 9.98. The monoisotopic (exact) mass is 1180 g/mol. The van der Waals surface area contributed by atoms with Crippen molar-refractivity contribution in [2.75, 3.05) is 13.2 Å². The maximum absolute atomic E-state index is 13.2. The number of unbranched alkanes of at least 4 members (excludes halogenated alkanes) is 13. The SMILES string of the molecule is CC/C=C\C/C=C\C/C=C\C/C=C\C/C=C\CCCCCC(=O)OCC(COC1OC(C(=O)O)C(O)C(O)C1OC(=O)CCCCCCCC/C=C\C/C=C\C/C=C\C/C=C\CC)OC(=O)CCCCCC/C=C\C/C=C\C/C=C\C/C=C\CC. The molecule has 12 heteroatoms. The highest BCUT2D eigenvalue weighted by Crippen LogP contribution is 2.26. The maximum Gasteiger partial charge on any atom is 0.335 e. The van der Waals surface area contributed by atoms with Crippen LogP contribution in [0.5, 0.6) is 0 Å². The van der Waals surface area contributed by atoms with E-state index in [1.807, 2.05) is 0 Å². The van der Waals surface area contributed by atoms with Crippen LogP contribution in [0.25, 0.3) is 0 Å². The molecule has 476 valence electrons. The minimum Gasteiger partial charge on any atom is -0.479 e. The molecule has 0 spiro atoms. The summed E-state index contributed by atoms with van der Waals surface area (Å²) >= 11 is 0. The van der Waals surface area contributed by atoms with Gasteiger partial charge in [-0.2, -0.15) is 0 Å². The summed E-state index contributed by atoms with van der Waals surface area (Å²) in [6.45, 7) is 5.60. The van der Waals surface area contributed by atoms with Gasteiger partial charge in [-0.05, 0) is 141 Å². The van der Waals surface area contributed by atoms with Crippen LogP contribution >= 0.6 is 0 Å². The number of aliphatic hydroxyl groups excluding tert-OH is 2. The highest BCUT2D eigenvalue weighted by molar-refractivity contribution is 5.74. The molecule has 85 heavy (non-hydrogen) atoms. The van der Waals surface area contributed by atoms with Crippen LogP contribution in [0.15, 0.2) is 158 Å². The van der Waals surface area contributed by atoms with Gasteiger partial charge in [-0.1, -0.05) is 224 Å². The molecule has 1 saturated heterocycles. The van der Waals surface area contributed by atoms with Gasteiger partial charge in [-0.15, -0.1) is 0 Å². The predicted octanol–water partition coefficient (Wildman–Crippen LogP) is 17.7. The molecule has 0 amide bonds.